The third-order valence-electron chi connectivity index (χ3n) is 15.1. The van der Waals surface area contributed by atoms with Crippen LogP contribution < -0.4 is 47.3 Å². The Morgan fingerprint density at radius 3 is 2.33 bits per heavy atom. The second kappa shape index (κ2) is 31.4. The summed E-state index contributed by atoms with van der Waals surface area (Å²) >= 11 is 13.5. The van der Waals surface area contributed by atoms with E-state index < -0.39 is 96.1 Å². The number of halogens is 3. The Balaban J connectivity index is 1.32. The van der Waals surface area contributed by atoms with E-state index in [1.807, 2.05) is 13.0 Å². The first-order chi connectivity index (χ1) is 39.7. The highest BCUT2D eigenvalue weighted by atomic mass is 79.9. The number of unbranched alkanes of at least 4 members (excludes halogenated alkanes) is 1. The number of ether oxygens (including phenoxy) is 6. The summed E-state index contributed by atoms with van der Waals surface area (Å²) in [5.74, 6) is -3.38. The number of esters is 1. The molecule has 2 aromatic rings. The topological polar surface area (TPSA) is 317 Å². The molecule has 3 heterocycles. The third kappa shape index (κ3) is 19.0. The lowest BCUT2D eigenvalue weighted by molar-refractivity contribution is -0.152. The number of nitrogens with one attached hydrogen (secondary N) is 6. The largest absolute Gasteiger partial charge is 0.495 e. The molecule has 0 aliphatic carbocycles. The van der Waals surface area contributed by atoms with Gasteiger partial charge in [0.05, 0.1) is 37.3 Å². The van der Waals surface area contributed by atoms with E-state index in [1.54, 1.807) is 78.9 Å². The fourth-order valence-electron chi connectivity index (χ4n) is 10.1. The van der Waals surface area contributed by atoms with Gasteiger partial charge in [-0.2, -0.15) is 0 Å². The lowest BCUT2D eigenvalue weighted by Crippen LogP contribution is -2.63. The molecular formula is C58H81Br2ClN8O15. The molecule has 23 nitrogen and oxygen atoms in total. The van der Waals surface area contributed by atoms with Crippen LogP contribution in [-0.2, 0) is 54.1 Å². The van der Waals surface area contributed by atoms with Crippen LogP contribution in [0.2, 0.25) is 5.02 Å². The molecule has 84 heavy (non-hydrogen) atoms. The Bertz CT molecular complexity index is 2770. The highest BCUT2D eigenvalue weighted by Gasteiger charge is 2.64. The van der Waals surface area contributed by atoms with E-state index in [-0.39, 0.29) is 72.8 Å². The Labute approximate surface area is 512 Å². The maximum absolute atomic E-state index is 14.4. The Hall–Kier alpha value is -5.99. The summed E-state index contributed by atoms with van der Waals surface area (Å²) in [6.07, 6.45) is 0.979. The molecule has 2 aromatic carbocycles. The van der Waals surface area contributed by atoms with Crippen molar-refractivity contribution in [1.29, 1.82) is 0 Å². The minimum Gasteiger partial charge on any atom is -0.495 e. The van der Waals surface area contributed by atoms with Crippen molar-refractivity contribution in [3.05, 3.63) is 70.3 Å². The highest BCUT2D eigenvalue weighted by Crippen LogP contribution is 2.49. The molecule has 1 unspecified atom stereocenters. The van der Waals surface area contributed by atoms with Crippen molar-refractivity contribution in [2.45, 2.75) is 160 Å². The number of nitrogens with zero attached hydrogens (tertiary/aromatic N) is 1. The van der Waals surface area contributed by atoms with Crippen LogP contribution in [0.5, 0.6) is 5.75 Å². The first-order valence-electron chi connectivity index (χ1n) is 27.9. The van der Waals surface area contributed by atoms with Gasteiger partial charge in [0.25, 0.3) is 0 Å². The zero-order valence-electron chi connectivity index (χ0n) is 49.2. The smallest absolute Gasteiger partial charge is 0.412 e. The van der Waals surface area contributed by atoms with E-state index in [0.29, 0.717) is 59.0 Å². The number of alkyl carbamates (subject to hydrolysis) is 1. The van der Waals surface area contributed by atoms with E-state index in [9.17, 15) is 43.5 Å². The van der Waals surface area contributed by atoms with Gasteiger partial charge >= 0.3 is 24.2 Å². The summed E-state index contributed by atoms with van der Waals surface area (Å²) < 4.78 is 35.0. The SMILES string of the molecule is COc1cc2cc(c1Cl)N(C)C(=O)C[C@H](OC(=O)Nc1ccc(NC(=O)[C@H](CCCNC(N)=O)NC(=O)[C@@H](NC(=O)CCCCC(C)OC(=O)C(CBr)CBr)C(C)C)c(C)c1)[C@]1(C)O[C@H]1[C@H](C)[C@@H]1C[C@@](O)(NC(=O)O1)[C@H](OC)/C=C/C=C(\C)C2. The summed E-state index contributed by atoms with van der Waals surface area (Å²) in [6, 6.07) is 5.24. The Morgan fingerprint density at radius 2 is 1.69 bits per heavy atom. The van der Waals surface area contributed by atoms with Crippen LogP contribution in [0.1, 0.15) is 104 Å². The fourth-order valence-corrected chi connectivity index (χ4v) is 12.0. The number of hydrogen-bond acceptors (Lipinski definition) is 15. The number of carbonyl (C=O) groups is 8. The van der Waals surface area contributed by atoms with E-state index in [1.165, 1.54) is 31.3 Å². The molecule has 2 fully saturated rings. The van der Waals surface area contributed by atoms with Crippen molar-refractivity contribution >= 4 is 108 Å². The summed E-state index contributed by atoms with van der Waals surface area (Å²) in [5.41, 5.74) is 5.08. The quantitative estimate of drug-likeness (QED) is 0.0175. The zero-order valence-corrected chi connectivity index (χ0v) is 53.1. The summed E-state index contributed by atoms with van der Waals surface area (Å²) in [6.45, 7) is 12.4. The predicted octanol–water partition coefficient (Wildman–Crippen LogP) is 7.59. The molecule has 26 heteroatoms. The number of aliphatic hydroxyl groups is 1. The number of allylic oxidation sites excluding steroid dienone is 3. The predicted molar refractivity (Wildman–Crippen MR) is 323 cm³/mol. The second-order valence-corrected chi connectivity index (χ2v) is 23.8. The number of rotatable bonds is 23. The number of nitrogens with two attached hydrogens (primary N) is 1. The average molecular weight is 1330 g/mol. The number of methoxy groups -OCH3 is 2. The van der Waals surface area contributed by atoms with Crippen molar-refractivity contribution in [1.82, 2.24) is 21.3 Å². The van der Waals surface area contributed by atoms with Gasteiger partial charge in [0.15, 0.2) is 5.72 Å². The van der Waals surface area contributed by atoms with E-state index in [2.05, 4.69) is 63.8 Å². The van der Waals surface area contributed by atoms with Crippen LogP contribution >= 0.6 is 43.5 Å². The number of benzene rings is 2. The van der Waals surface area contributed by atoms with Crippen molar-refractivity contribution in [2.75, 3.05) is 54.0 Å². The van der Waals surface area contributed by atoms with Gasteiger partial charge in [-0.05, 0) is 114 Å². The lowest BCUT2D eigenvalue weighted by atomic mass is 9.83. The van der Waals surface area contributed by atoms with Crippen LogP contribution in [-0.4, -0.2) is 145 Å². The third-order valence-corrected chi connectivity index (χ3v) is 17.0. The van der Waals surface area contributed by atoms with Crippen LogP contribution in [0, 0.1) is 24.7 Å². The monoisotopic (exact) mass is 1320 g/mol. The van der Waals surface area contributed by atoms with Crippen LogP contribution in [0.3, 0.4) is 0 Å². The molecule has 464 valence electrons. The summed E-state index contributed by atoms with van der Waals surface area (Å²) in [7, 11) is 4.41. The summed E-state index contributed by atoms with van der Waals surface area (Å²) in [4.78, 5) is 108. The standard InChI is InChI=1S/C58H81Br2ClN8O15/c1-31(2)49(67-46(70)19-12-11-16-34(5)81-53(74)37(29-59)30-60)52(73)66-40(17-14-22-63-54(62)75)51(72)65-39-21-20-38(24-33(39)4)64-55(76)83-45-27-47(71)69(8)41-25-36(26-42(79-9)48(41)61)23-32(3)15-13-18-44(80-10)58(78)28-43(82-56(77)68-58)35(6)50-57(45,7)84-50/h13,15,18,20-21,24-26,31,34-35,37,40,43-45,49-50,78H,11-12,14,16-17,19,22-23,27-30H2,1-10H3,(H,64,76)(H,65,72)(H,66,73)(H,67,70)(H,68,77)(H3,62,63,75)/b18-13+,32-15+/t34?,35-,40+,43+,44-,45+,49+,50+,57+,58+/m1/s1. The van der Waals surface area contributed by atoms with Gasteiger partial charge in [-0.1, -0.05) is 88.0 Å². The van der Waals surface area contributed by atoms with Crippen LogP contribution in [0.4, 0.5) is 31.4 Å². The van der Waals surface area contributed by atoms with Crippen molar-refractivity contribution in [3.63, 3.8) is 0 Å². The van der Waals surface area contributed by atoms with Crippen molar-refractivity contribution in [3.8, 4) is 5.75 Å². The molecule has 5 rings (SSSR count). The van der Waals surface area contributed by atoms with Gasteiger partial charge in [0, 0.05) is 61.5 Å². The lowest BCUT2D eigenvalue weighted by Gasteiger charge is -2.42. The fraction of sp³-hybridized carbons (Fsp3) is 0.586. The Kier molecular flexibility index (Phi) is 25.7. The van der Waals surface area contributed by atoms with Gasteiger partial charge in [-0.3, -0.25) is 34.6 Å². The van der Waals surface area contributed by atoms with Gasteiger partial charge in [0.2, 0.25) is 23.6 Å². The number of fused-ring (bicyclic) bond motifs is 5. The molecule has 4 bridgehead atoms. The minimum absolute atomic E-state index is 0.0691. The maximum Gasteiger partial charge on any atom is 0.412 e. The molecule has 0 aromatic heterocycles. The number of urea groups is 1. The first kappa shape index (κ1) is 68.8. The van der Waals surface area contributed by atoms with Crippen LogP contribution in [0.15, 0.2) is 54.1 Å². The molecule has 2 saturated heterocycles. The van der Waals surface area contributed by atoms with Gasteiger partial charge < -0.3 is 65.4 Å². The average Bonchev–Trinajstić information content (AvgIpc) is 1.69. The molecule has 10 atom stereocenters. The zero-order chi connectivity index (χ0) is 62.2. The molecule has 0 radical (unpaired) electrons. The molecule has 3 aliphatic heterocycles. The maximum atomic E-state index is 14.4. The molecule has 0 saturated carbocycles. The number of alkyl halides is 2. The van der Waals surface area contributed by atoms with E-state index in [0.717, 1.165) is 11.1 Å². The molecule has 3 aliphatic rings. The van der Waals surface area contributed by atoms with Crippen LogP contribution in [0.25, 0.3) is 0 Å². The summed E-state index contributed by atoms with van der Waals surface area (Å²) in [5, 5.41) is 29.1. The molecule has 9 N–H and O–H groups in total. The van der Waals surface area contributed by atoms with Gasteiger partial charge in [-0.25, -0.2) is 14.4 Å². The van der Waals surface area contributed by atoms with E-state index in [4.69, 9.17) is 45.8 Å². The number of carbonyl (C=O) groups excluding carboxylic acids is 8. The van der Waals surface area contributed by atoms with Crippen molar-refractivity contribution < 1.29 is 71.9 Å². The highest BCUT2D eigenvalue weighted by molar-refractivity contribution is 9.09. The Morgan fingerprint density at radius 1 is 0.976 bits per heavy atom. The number of anilines is 3. The number of aryl methyl sites for hydroxylation is 1. The number of epoxide rings is 1. The molecule has 0 spiro atoms. The van der Waals surface area contributed by atoms with Gasteiger partial charge in [0.1, 0.15) is 46.8 Å². The molecule has 8 amide bonds. The number of primary amides is 1. The minimum atomic E-state index is -1.90. The number of hydrogen-bond donors (Lipinski definition) is 8. The van der Waals surface area contributed by atoms with Gasteiger partial charge in [-0.15, -0.1) is 0 Å². The normalized spacial score (nSPS) is 24.5. The second-order valence-electron chi connectivity index (χ2n) is 22.1. The van der Waals surface area contributed by atoms with E-state index >= 15 is 0 Å². The van der Waals surface area contributed by atoms with Crippen molar-refractivity contribution in [2.24, 2.45) is 23.5 Å². The molecular weight excluding hydrogens is 1240 g/mol. The first-order valence-corrected chi connectivity index (χ1v) is 30.5. The number of amides is 8.